The number of hydrogen-bond donors (Lipinski definition) is 0. The lowest BCUT2D eigenvalue weighted by atomic mass is 10.1. The summed E-state index contributed by atoms with van der Waals surface area (Å²) in [6.45, 7) is 0. The van der Waals surface area contributed by atoms with Gasteiger partial charge in [-0.25, -0.2) is 13.2 Å². The summed E-state index contributed by atoms with van der Waals surface area (Å²) in [6, 6.07) is 49.3. The van der Waals surface area contributed by atoms with E-state index in [2.05, 4.69) is 0 Å². The summed E-state index contributed by atoms with van der Waals surface area (Å²) in [4.78, 5) is 1.97. The number of anilines is 3. The van der Waals surface area contributed by atoms with Crippen molar-refractivity contribution in [1.29, 1.82) is 0 Å². The van der Waals surface area contributed by atoms with Crippen LogP contribution in [0.3, 0.4) is 0 Å². The molecule has 0 fully saturated rings. The summed E-state index contributed by atoms with van der Waals surface area (Å²) in [5.74, 6) is -1.04. The van der Waals surface area contributed by atoms with E-state index in [0.717, 1.165) is 33.8 Å². The van der Waals surface area contributed by atoms with Crippen molar-refractivity contribution in [3.8, 4) is 0 Å². The Hall–Kier alpha value is -5.87. The van der Waals surface area contributed by atoms with Gasteiger partial charge in [-0.2, -0.15) is 0 Å². The maximum Gasteiger partial charge on any atom is 0.131 e. The van der Waals surface area contributed by atoms with Gasteiger partial charge < -0.3 is 4.90 Å². The Morgan fingerprint density at radius 2 is 0.565 bits per heavy atom. The van der Waals surface area contributed by atoms with E-state index in [0.29, 0.717) is 16.7 Å². The van der Waals surface area contributed by atoms with Crippen molar-refractivity contribution in [3.63, 3.8) is 0 Å². The fraction of sp³-hybridized carbons (Fsp3) is 0. The first-order valence-electron chi connectivity index (χ1n) is 14.9. The Labute approximate surface area is 267 Å². The third-order valence-electron chi connectivity index (χ3n) is 7.48. The van der Waals surface area contributed by atoms with E-state index in [4.69, 9.17) is 0 Å². The highest BCUT2D eigenvalue weighted by atomic mass is 19.1. The lowest BCUT2D eigenvalue weighted by Crippen LogP contribution is -2.10. The molecular formula is C42H30F3N. The minimum absolute atomic E-state index is 0.348. The smallest absolute Gasteiger partial charge is 0.131 e. The number of benzene rings is 6. The maximum absolute atomic E-state index is 15.1. The van der Waals surface area contributed by atoms with Crippen molar-refractivity contribution < 1.29 is 13.2 Å². The quantitative estimate of drug-likeness (QED) is 0.148. The molecule has 0 unspecified atom stereocenters. The van der Waals surface area contributed by atoms with Gasteiger partial charge in [-0.15, -0.1) is 0 Å². The molecule has 6 aromatic carbocycles. The summed E-state index contributed by atoms with van der Waals surface area (Å²) in [5, 5.41) is 0. The number of halogens is 3. The molecule has 1 nitrogen and oxygen atoms in total. The van der Waals surface area contributed by atoms with Crippen molar-refractivity contribution >= 4 is 52.8 Å². The Morgan fingerprint density at radius 1 is 0.326 bits per heavy atom. The summed E-state index contributed by atoms with van der Waals surface area (Å²) in [7, 11) is 0. The molecule has 0 N–H and O–H groups in total. The minimum Gasteiger partial charge on any atom is -0.311 e. The van der Waals surface area contributed by atoms with Crippen LogP contribution in [0.1, 0.15) is 33.4 Å². The predicted molar refractivity (Wildman–Crippen MR) is 187 cm³/mol. The summed E-state index contributed by atoms with van der Waals surface area (Å²) in [6.07, 6.45) is 4.50. The molecule has 0 amide bonds. The molecule has 0 radical (unpaired) electrons. The molecule has 0 spiro atoms. The third-order valence-corrected chi connectivity index (χ3v) is 7.48. The van der Waals surface area contributed by atoms with E-state index >= 15 is 13.2 Å². The van der Waals surface area contributed by atoms with Gasteiger partial charge in [0.15, 0.2) is 0 Å². The van der Waals surface area contributed by atoms with E-state index in [-0.39, 0.29) is 17.5 Å². The molecule has 46 heavy (non-hydrogen) atoms. The van der Waals surface area contributed by atoms with Crippen LogP contribution in [0.4, 0.5) is 30.2 Å². The molecule has 0 saturated carbocycles. The van der Waals surface area contributed by atoms with Crippen molar-refractivity contribution in [2.24, 2.45) is 0 Å². The number of nitrogens with zero attached hydrogens (tertiary/aromatic N) is 1. The number of hydrogen-bond acceptors (Lipinski definition) is 1. The van der Waals surface area contributed by atoms with E-state index in [1.807, 2.05) is 132 Å². The second-order valence-electron chi connectivity index (χ2n) is 10.7. The Balaban J connectivity index is 1.33. The highest BCUT2D eigenvalue weighted by molar-refractivity contribution is 5.83. The lowest BCUT2D eigenvalue weighted by molar-refractivity contribution is 0.765. The van der Waals surface area contributed by atoms with Crippen molar-refractivity contribution in [2.45, 2.75) is 0 Å². The van der Waals surface area contributed by atoms with Gasteiger partial charge in [-0.05, 0) is 108 Å². The first-order valence-corrected chi connectivity index (χ1v) is 14.9. The van der Waals surface area contributed by atoms with Crippen molar-refractivity contribution in [1.82, 2.24) is 0 Å². The van der Waals surface area contributed by atoms with Crippen LogP contribution in [0, 0.1) is 0 Å². The molecule has 0 bridgehead atoms. The van der Waals surface area contributed by atoms with Gasteiger partial charge >= 0.3 is 0 Å². The van der Waals surface area contributed by atoms with Gasteiger partial charge in [0.1, 0.15) is 17.5 Å². The highest BCUT2D eigenvalue weighted by Gasteiger charge is 2.15. The molecule has 0 aliphatic carbocycles. The van der Waals surface area contributed by atoms with Gasteiger partial charge in [0, 0.05) is 33.8 Å². The summed E-state index contributed by atoms with van der Waals surface area (Å²) < 4.78 is 45.4. The molecule has 0 heterocycles. The maximum atomic E-state index is 15.1. The molecule has 224 valence electrons. The zero-order valence-electron chi connectivity index (χ0n) is 24.9. The van der Waals surface area contributed by atoms with Crippen LogP contribution in [0.5, 0.6) is 0 Å². The van der Waals surface area contributed by atoms with Crippen LogP contribution in [0.2, 0.25) is 0 Å². The fourth-order valence-corrected chi connectivity index (χ4v) is 5.09. The Kier molecular flexibility index (Phi) is 9.36. The predicted octanol–water partition coefficient (Wildman–Crippen LogP) is 12.6. The minimum atomic E-state index is -0.348. The Bertz CT molecular complexity index is 1730. The van der Waals surface area contributed by atoms with Gasteiger partial charge in [0.05, 0.1) is 0 Å². The molecule has 0 atom stereocenters. The topological polar surface area (TPSA) is 3.24 Å². The van der Waals surface area contributed by atoms with Crippen LogP contribution < -0.4 is 4.90 Å². The fourth-order valence-electron chi connectivity index (χ4n) is 5.09. The summed E-state index contributed by atoms with van der Waals surface area (Å²) in [5.41, 5.74) is 5.93. The largest absolute Gasteiger partial charge is 0.311 e. The monoisotopic (exact) mass is 605 g/mol. The highest BCUT2D eigenvalue weighted by Crippen LogP contribution is 2.37. The zero-order valence-corrected chi connectivity index (χ0v) is 24.9. The van der Waals surface area contributed by atoms with E-state index in [9.17, 15) is 0 Å². The molecule has 6 aromatic rings. The van der Waals surface area contributed by atoms with Gasteiger partial charge in [-0.3, -0.25) is 0 Å². The first kappa shape index (κ1) is 30.2. The zero-order chi connectivity index (χ0) is 31.7. The molecule has 6 rings (SSSR count). The van der Waals surface area contributed by atoms with Gasteiger partial charge in [0.2, 0.25) is 0 Å². The van der Waals surface area contributed by atoms with Crippen LogP contribution in [0.15, 0.2) is 164 Å². The second-order valence-corrected chi connectivity index (χ2v) is 10.7. The third kappa shape index (κ3) is 7.43. The standard InChI is InChI=1S/C42H30F3N/c43-40(28-31-10-4-1-5-11-31)34-16-22-37(23-17-34)46(38-24-18-35(19-25-38)41(44)29-32-12-6-2-7-13-32)39-26-20-36(21-27-39)42(45)30-33-14-8-3-9-15-33/h1-30H/b40-28-,41-29-,42-30-. The normalized spacial score (nSPS) is 12.2. The van der Waals surface area contributed by atoms with Crippen molar-refractivity contribution in [2.75, 3.05) is 4.90 Å². The number of rotatable bonds is 9. The molecule has 0 aliphatic rings. The van der Waals surface area contributed by atoms with Crippen molar-refractivity contribution in [3.05, 3.63) is 197 Å². The van der Waals surface area contributed by atoms with Crippen LogP contribution in [-0.4, -0.2) is 0 Å². The molecule has 0 saturated heterocycles. The first-order chi connectivity index (χ1) is 22.5. The van der Waals surface area contributed by atoms with E-state index in [1.165, 1.54) is 18.2 Å². The molecule has 0 aliphatic heterocycles. The SMILES string of the molecule is F/C(=C\c1ccccc1)c1ccc(N(c2ccc(/C(F)=C/c3ccccc3)cc2)c2ccc(/C(F)=C/c3ccccc3)cc2)cc1. The van der Waals surface area contributed by atoms with E-state index < -0.39 is 0 Å². The lowest BCUT2D eigenvalue weighted by Gasteiger charge is -2.26. The van der Waals surface area contributed by atoms with Crippen LogP contribution in [-0.2, 0) is 0 Å². The Morgan fingerprint density at radius 3 is 0.804 bits per heavy atom. The summed E-state index contributed by atoms with van der Waals surface area (Å²) >= 11 is 0. The van der Waals surface area contributed by atoms with Crippen LogP contribution >= 0.6 is 0 Å². The average molecular weight is 606 g/mol. The molecule has 0 aromatic heterocycles. The average Bonchev–Trinajstić information content (AvgIpc) is 3.10. The van der Waals surface area contributed by atoms with Gasteiger partial charge in [-0.1, -0.05) is 91.0 Å². The van der Waals surface area contributed by atoms with E-state index in [1.54, 1.807) is 36.4 Å². The second kappa shape index (κ2) is 14.3. The molecule has 4 heteroatoms. The van der Waals surface area contributed by atoms with Crippen LogP contribution in [0.25, 0.3) is 35.7 Å². The van der Waals surface area contributed by atoms with Gasteiger partial charge in [0.25, 0.3) is 0 Å². The molecular weight excluding hydrogens is 575 g/mol.